The number of anilines is 1. The summed E-state index contributed by atoms with van der Waals surface area (Å²) in [7, 11) is 1.60. The highest BCUT2D eigenvalue weighted by Crippen LogP contribution is 2.27. The molecule has 144 valence electrons. The van der Waals surface area contributed by atoms with E-state index in [4.69, 9.17) is 19.9 Å². The highest BCUT2D eigenvalue weighted by molar-refractivity contribution is 5.83. The van der Waals surface area contributed by atoms with Gasteiger partial charge in [0.15, 0.2) is 17.0 Å². The predicted molar refractivity (Wildman–Crippen MR) is 99.4 cm³/mol. The van der Waals surface area contributed by atoms with Crippen molar-refractivity contribution in [1.29, 1.82) is 0 Å². The fraction of sp³-hybridized carbons (Fsp3) is 0.722. The standard InChI is InChI=1S/C18H29N5O3/c1-4-6-12(2)26-17-21-15(19)14-16(22-17)23(18(20-14)24-3)9-8-13-7-5-10-25-11-13/h12-13H,4-11H2,1-3H3,(H2,19,21,22)/t12-,13?/m1/s1. The summed E-state index contributed by atoms with van der Waals surface area (Å²) in [6.07, 6.45) is 5.30. The molecule has 1 aliphatic rings. The normalized spacial score (nSPS) is 18.8. The first-order chi connectivity index (χ1) is 12.6. The zero-order chi connectivity index (χ0) is 18.5. The van der Waals surface area contributed by atoms with Gasteiger partial charge in [-0.1, -0.05) is 13.3 Å². The van der Waals surface area contributed by atoms with Crippen molar-refractivity contribution in [2.75, 3.05) is 26.1 Å². The summed E-state index contributed by atoms with van der Waals surface area (Å²) in [5.74, 6) is 0.858. The lowest BCUT2D eigenvalue weighted by molar-refractivity contribution is 0.0499. The fourth-order valence-corrected chi connectivity index (χ4v) is 3.38. The number of nitrogens with two attached hydrogens (primary N) is 1. The SMILES string of the molecule is CCC[C@@H](C)Oc1nc(N)c2nc(OC)n(CCC3CCCOC3)c2n1. The molecule has 1 unspecified atom stereocenters. The Balaban J connectivity index is 1.85. The van der Waals surface area contributed by atoms with E-state index in [1.165, 1.54) is 6.42 Å². The second kappa shape index (κ2) is 8.53. The highest BCUT2D eigenvalue weighted by atomic mass is 16.5. The smallest absolute Gasteiger partial charge is 0.320 e. The molecule has 2 N–H and O–H groups in total. The number of aromatic nitrogens is 4. The average molecular weight is 363 g/mol. The number of nitrogen functional groups attached to an aromatic ring is 1. The molecule has 8 nitrogen and oxygen atoms in total. The van der Waals surface area contributed by atoms with E-state index >= 15 is 0 Å². The van der Waals surface area contributed by atoms with Crippen molar-refractivity contribution < 1.29 is 14.2 Å². The summed E-state index contributed by atoms with van der Waals surface area (Å²) in [5.41, 5.74) is 7.31. The van der Waals surface area contributed by atoms with E-state index in [0.29, 0.717) is 34.9 Å². The Hall–Kier alpha value is -2.09. The van der Waals surface area contributed by atoms with Gasteiger partial charge >= 0.3 is 6.01 Å². The molecule has 1 fully saturated rings. The van der Waals surface area contributed by atoms with Crippen LogP contribution in [0.15, 0.2) is 0 Å². The first-order valence-electron chi connectivity index (χ1n) is 9.44. The van der Waals surface area contributed by atoms with Gasteiger partial charge in [-0.3, -0.25) is 4.57 Å². The van der Waals surface area contributed by atoms with Gasteiger partial charge in [0.25, 0.3) is 6.01 Å². The quantitative estimate of drug-likeness (QED) is 0.770. The molecule has 2 aromatic heterocycles. The fourth-order valence-electron chi connectivity index (χ4n) is 3.38. The lowest BCUT2D eigenvalue weighted by Gasteiger charge is -2.22. The molecule has 1 aliphatic heterocycles. The number of aryl methyl sites for hydroxylation is 1. The minimum atomic E-state index is 0.0366. The van der Waals surface area contributed by atoms with E-state index in [1.807, 2.05) is 11.5 Å². The van der Waals surface area contributed by atoms with Crippen molar-refractivity contribution in [3.63, 3.8) is 0 Å². The minimum absolute atomic E-state index is 0.0366. The first-order valence-corrected chi connectivity index (χ1v) is 9.44. The van der Waals surface area contributed by atoms with E-state index in [-0.39, 0.29) is 6.10 Å². The number of imidazole rings is 1. The van der Waals surface area contributed by atoms with Crippen LogP contribution in [0.25, 0.3) is 11.2 Å². The first kappa shape index (κ1) is 18.7. The van der Waals surface area contributed by atoms with Crippen molar-refractivity contribution in [2.45, 2.75) is 58.6 Å². The van der Waals surface area contributed by atoms with Gasteiger partial charge in [-0.25, -0.2) is 0 Å². The van der Waals surface area contributed by atoms with Gasteiger partial charge in [0.2, 0.25) is 0 Å². The third-order valence-corrected chi connectivity index (χ3v) is 4.77. The van der Waals surface area contributed by atoms with Crippen LogP contribution in [0.3, 0.4) is 0 Å². The molecule has 0 spiro atoms. The van der Waals surface area contributed by atoms with Crippen LogP contribution in [0, 0.1) is 5.92 Å². The van der Waals surface area contributed by atoms with Crippen molar-refractivity contribution in [3.8, 4) is 12.0 Å². The molecule has 0 amide bonds. The third kappa shape index (κ3) is 4.17. The van der Waals surface area contributed by atoms with E-state index in [2.05, 4.69) is 21.9 Å². The van der Waals surface area contributed by atoms with Gasteiger partial charge in [-0.05, 0) is 38.5 Å². The maximum absolute atomic E-state index is 6.10. The van der Waals surface area contributed by atoms with Crippen LogP contribution in [-0.4, -0.2) is 45.9 Å². The maximum atomic E-state index is 6.10. The molecule has 3 heterocycles. The Morgan fingerprint density at radius 2 is 2.19 bits per heavy atom. The Kier molecular flexibility index (Phi) is 6.13. The molecule has 2 atom stereocenters. The molecule has 1 saturated heterocycles. The highest BCUT2D eigenvalue weighted by Gasteiger charge is 2.20. The number of ether oxygens (including phenoxy) is 3. The zero-order valence-corrected chi connectivity index (χ0v) is 15.9. The number of methoxy groups -OCH3 is 1. The lowest BCUT2D eigenvalue weighted by atomic mass is 9.99. The number of nitrogens with zero attached hydrogens (tertiary/aromatic N) is 4. The van der Waals surface area contributed by atoms with Gasteiger partial charge in [0.05, 0.1) is 13.2 Å². The van der Waals surface area contributed by atoms with Crippen LogP contribution in [0.2, 0.25) is 0 Å². The lowest BCUT2D eigenvalue weighted by Crippen LogP contribution is -2.19. The van der Waals surface area contributed by atoms with E-state index in [9.17, 15) is 0 Å². The second-order valence-electron chi connectivity index (χ2n) is 6.90. The van der Waals surface area contributed by atoms with Crippen LogP contribution in [-0.2, 0) is 11.3 Å². The van der Waals surface area contributed by atoms with Crippen molar-refractivity contribution in [3.05, 3.63) is 0 Å². The van der Waals surface area contributed by atoms with E-state index in [0.717, 1.165) is 45.4 Å². The van der Waals surface area contributed by atoms with Crippen LogP contribution in [0.5, 0.6) is 12.0 Å². The van der Waals surface area contributed by atoms with Gasteiger partial charge in [0.1, 0.15) is 0 Å². The van der Waals surface area contributed by atoms with E-state index < -0.39 is 0 Å². The van der Waals surface area contributed by atoms with Crippen LogP contribution in [0.4, 0.5) is 5.82 Å². The monoisotopic (exact) mass is 363 g/mol. The molecule has 0 aliphatic carbocycles. The van der Waals surface area contributed by atoms with Gasteiger partial charge in [-0.15, -0.1) is 0 Å². The topological polar surface area (TPSA) is 97.3 Å². The second-order valence-corrected chi connectivity index (χ2v) is 6.90. The molecule has 2 aromatic rings. The number of rotatable bonds is 8. The third-order valence-electron chi connectivity index (χ3n) is 4.77. The number of hydrogen-bond donors (Lipinski definition) is 1. The molecule has 8 heteroatoms. The van der Waals surface area contributed by atoms with Crippen LogP contribution >= 0.6 is 0 Å². The summed E-state index contributed by atoms with van der Waals surface area (Å²) in [5, 5.41) is 0. The van der Waals surface area contributed by atoms with E-state index in [1.54, 1.807) is 7.11 Å². The Labute approximate surface area is 154 Å². The molecule has 3 rings (SSSR count). The van der Waals surface area contributed by atoms with Crippen molar-refractivity contribution in [2.24, 2.45) is 5.92 Å². The summed E-state index contributed by atoms with van der Waals surface area (Å²) in [6.45, 7) is 6.55. The van der Waals surface area contributed by atoms with Gasteiger partial charge in [-0.2, -0.15) is 15.0 Å². The largest absolute Gasteiger partial charge is 0.468 e. The maximum Gasteiger partial charge on any atom is 0.320 e. The van der Waals surface area contributed by atoms with Crippen molar-refractivity contribution in [1.82, 2.24) is 19.5 Å². The average Bonchev–Trinajstić information content (AvgIpc) is 2.99. The molecular weight excluding hydrogens is 334 g/mol. The number of fused-ring (bicyclic) bond motifs is 1. The summed E-state index contributed by atoms with van der Waals surface area (Å²) in [4.78, 5) is 13.3. The van der Waals surface area contributed by atoms with Crippen LogP contribution in [0.1, 0.15) is 46.0 Å². The Morgan fingerprint density at radius 3 is 2.88 bits per heavy atom. The molecule has 0 saturated carbocycles. The van der Waals surface area contributed by atoms with Crippen molar-refractivity contribution >= 4 is 17.0 Å². The summed E-state index contributed by atoms with van der Waals surface area (Å²) >= 11 is 0. The number of hydrogen-bond acceptors (Lipinski definition) is 7. The van der Waals surface area contributed by atoms with Gasteiger partial charge in [0, 0.05) is 19.8 Å². The predicted octanol–water partition coefficient (Wildman–Crippen LogP) is 2.80. The molecular formula is C18H29N5O3. The molecule has 0 radical (unpaired) electrons. The Morgan fingerprint density at radius 1 is 1.35 bits per heavy atom. The van der Waals surface area contributed by atoms with Gasteiger partial charge < -0.3 is 19.9 Å². The molecule has 26 heavy (non-hydrogen) atoms. The molecule has 0 aromatic carbocycles. The van der Waals surface area contributed by atoms with Crippen LogP contribution < -0.4 is 15.2 Å². The Bertz CT molecular complexity index is 727. The molecule has 0 bridgehead atoms. The minimum Gasteiger partial charge on any atom is -0.468 e. The zero-order valence-electron chi connectivity index (χ0n) is 15.9. The summed E-state index contributed by atoms with van der Waals surface area (Å²) < 4.78 is 18.8. The summed E-state index contributed by atoms with van der Waals surface area (Å²) in [6, 6.07) is 0.789.